The molecule has 0 saturated heterocycles. The highest BCUT2D eigenvalue weighted by Crippen LogP contribution is 2.36. The van der Waals surface area contributed by atoms with Gasteiger partial charge in [0.1, 0.15) is 11.2 Å². The normalized spacial score (nSPS) is 21.2. The van der Waals surface area contributed by atoms with Crippen LogP contribution in [0.2, 0.25) is 0 Å². The highest BCUT2D eigenvalue weighted by atomic mass is 19.4. The Hall–Kier alpha value is -2.55. The number of hydrogen-bond donors (Lipinski definition) is 0. The smallest absolute Gasteiger partial charge is 0.416 e. The fourth-order valence-electron chi connectivity index (χ4n) is 2.15. The van der Waals surface area contributed by atoms with Gasteiger partial charge in [-0.15, -0.1) is 0 Å². The molecule has 1 unspecified atom stereocenters. The largest absolute Gasteiger partial charge is 0.497 e. The Bertz CT molecular complexity index is 681. The molecule has 0 heterocycles. The van der Waals surface area contributed by atoms with Crippen LogP contribution < -0.4 is 4.74 Å². The van der Waals surface area contributed by atoms with E-state index in [1.807, 2.05) is 6.07 Å². The molecule has 6 heteroatoms. The van der Waals surface area contributed by atoms with E-state index in [-0.39, 0.29) is 6.42 Å². The first-order valence-corrected chi connectivity index (χ1v) is 6.37. The third-order valence-corrected chi connectivity index (χ3v) is 3.44. The maximum atomic E-state index is 12.6. The number of alkyl halides is 3. The number of carbonyl (C=O) groups is 1. The summed E-state index contributed by atoms with van der Waals surface area (Å²) >= 11 is 0. The number of rotatable bonds is 3. The predicted molar refractivity (Wildman–Crippen MR) is 73.0 cm³/mol. The Labute approximate surface area is 125 Å². The Morgan fingerprint density at radius 1 is 1.27 bits per heavy atom. The number of nitriles is 1. The molecule has 1 aliphatic carbocycles. The number of methoxy groups -OCH3 is 1. The van der Waals surface area contributed by atoms with E-state index in [0.29, 0.717) is 17.4 Å². The van der Waals surface area contributed by atoms with Crippen molar-refractivity contribution in [1.82, 2.24) is 0 Å². The molecule has 0 fully saturated rings. The van der Waals surface area contributed by atoms with Crippen molar-refractivity contribution in [3.63, 3.8) is 0 Å². The molecule has 22 heavy (non-hydrogen) atoms. The first-order valence-electron chi connectivity index (χ1n) is 6.37. The van der Waals surface area contributed by atoms with E-state index in [1.165, 1.54) is 7.11 Å². The number of carbonyl (C=O) groups excluding carboxylic acids is 1. The summed E-state index contributed by atoms with van der Waals surface area (Å²) in [4.78, 5) is 12.1. The summed E-state index contributed by atoms with van der Waals surface area (Å²) in [5.74, 6) is -0.250. The minimum Gasteiger partial charge on any atom is -0.497 e. The third kappa shape index (κ3) is 3.03. The number of benzene rings is 1. The summed E-state index contributed by atoms with van der Waals surface area (Å²) in [6.45, 7) is 0. The molecule has 1 aromatic carbocycles. The average Bonchev–Trinajstić information content (AvgIpc) is 2.49. The van der Waals surface area contributed by atoms with Crippen LogP contribution in [-0.4, -0.2) is 19.1 Å². The van der Waals surface area contributed by atoms with Crippen LogP contribution in [-0.2, 0) is 11.2 Å². The first-order chi connectivity index (χ1) is 10.3. The fourth-order valence-corrected chi connectivity index (χ4v) is 2.15. The van der Waals surface area contributed by atoms with Gasteiger partial charge in [0, 0.05) is 6.42 Å². The zero-order valence-electron chi connectivity index (χ0n) is 11.6. The van der Waals surface area contributed by atoms with Gasteiger partial charge in [0.2, 0.25) is 0 Å². The molecule has 0 radical (unpaired) electrons. The number of halogens is 3. The van der Waals surface area contributed by atoms with Crippen molar-refractivity contribution < 1.29 is 22.7 Å². The molecule has 0 saturated carbocycles. The molecular weight excluding hydrogens is 295 g/mol. The van der Waals surface area contributed by atoms with Crippen LogP contribution in [0.25, 0.3) is 0 Å². The second-order valence-corrected chi connectivity index (χ2v) is 4.90. The first kappa shape index (κ1) is 15.8. The van der Waals surface area contributed by atoms with E-state index < -0.39 is 22.9 Å². The molecule has 1 aromatic rings. The van der Waals surface area contributed by atoms with Gasteiger partial charge in [-0.1, -0.05) is 24.3 Å². The van der Waals surface area contributed by atoms with Gasteiger partial charge in [0.15, 0.2) is 5.78 Å². The zero-order chi connectivity index (χ0) is 16.4. The van der Waals surface area contributed by atoms with Crippen molar-refractivity contribution in [1.29, 1.82) is 5.26 Å². The molecule has 2 rings (SSSR count). The summed E-state index contributed by atoms with van der Waals surface area (Å²) in [7, 11) is 1.50. The van der Waals surface area contributed by atoms with Gasteiger partial charge in [-0.25, -0.2) is 0 Å². The maximum absolute atomic E-state index is 12.6. The molecule has 114 valence electrons. The number of nitrogens with zero attached hydrogens (tertiary/aromatic N) is 1. The van der Waals surface area contributed by atoms with Gasteiger partial charge < -0.3 is 4.74 Å². The number of ether oxygens (including phenoxy) is 1. The molecule has 1 atom stereocenters. The van der Waals surface area contributed by atoms with Crippen molar-refractivity contribution >= 4 is 5.78 Å². The molecular formula is C16H12F3NO2. The van der Waals surface area contributed by atoms with E-state index >= 15 is 0 Å². The van der Waals surface area contributed by atoms with Crippen molar-refractivity contribution in [2.75, 3.05) is 7.11 Å². The molecule has 0 bridgehead atoms. The van der Waals surface area contributed by atoms with Crippen molar-refractivity contribution in [2.24, 2.45) is 5.41 Å². The molecule has 0 amide bonds. The molecule has 3 nitrogen and oxygen atoms in total. The average molecular weight is 307 g/mol. The van der Waals surface area contributed by atoms with Crippen LogP contribution in [0.5, 0.6) is 5.75 Å². The van der Waals surface area contributed by atoms with Crippen molar-refractivity contribution in [3.8, 4) is 11.8 Å². The van der Waals surface area contributed by atoms with Gasteiger partial charge in [-0.05, 0) is 23.8 Å². The summed E-state index contributed by atoms with van der Waals surface area (Å²) < 4.78 is 42.8. The Morgan fingerprint density at radius 3 is 2.36 bits per heavy atom. The Kier molecular flexibility index (Phi) is 4.09. The van der Waals surface area contributed by atoms with Crippen LogP contribution in [0.4, 0.5) is 13.2 Å². The summed E-state index contributed by atoms with van der Waals surface area (Å²) in [5.41, 5.74) is -1.99. The monoisotopic (exact) mass is 307 g/mol. The molecule has 0 spiro atoms. The highest BCUT2D eigenvalue weighted by Gasteiger charge is 2.42. The van der Waals surface area contributed by atoms with Crippen molar-refractivity contribution in [3.05, 3.63) is 53.6 Å². The second kappa shape index (κ2) is 5.68. The summed E-state index contributed by atoms with van der Waals surface area (Å²) in [5, 5.41) is 9.31. The molecule has 0 aliphatic heterocycles. The third-order valence-electron chi connectivity index (χ3n) is 3.44. The minimum absolute atomic E-state index is 0.00443. The lowest BCUT2D eigenvalue weighted by molar-refractivity contribution is -0.121. The molecule has 0 aromatic heterocycles. The van der Waals surface area contributed by atoms with Crippen LogP contribution in [0.1, 0.15) is 5.56 Å². The van der Waals surface area contributed by atoms with Gasteiger partial charge in [-0.2, -0.15) is 18.4 Å². The van der Waals surface area contributed by atoms with E-state index in [2.05, 4.69) is 0 Å². The lowest BCUT2D eigenvalue weighted by Crippen LogP contribution is -2.32. The summed E-state index contributed by atoms with van der Waals surface area (Å²) in [6, 6.07) is 8.50. The highest BCUT2D eigenvalue weighted by molar-refractivity contribution is 6.01. The molecule has 1 aliphatic rings. The minimum atomic E-state index is -4.60. The van der Waals surface area contributed by atoms with Gasteiger partial charge in [-0.3, -0.25) is 4.79 Å². The lowest BCUT2D eigenvalue weighted by Gasteiger charge is -2.24. The number of ketones is 1. The van der Waals surface area contributed by atoms with Crippen molar-refractivity contribution in [2.45, 2.75) is 12.6 Å². The van der Waals surface area contributed by atoms with Crippen LogP contribution in [0, 0.1) is 16.7 Å². The fraction of sp³-hybridized carbons (Fsp3) is 0.250. The van der Waals surface area contributed by atoms with E-state index in [1.54, 1.807) is 24.3 Å². The summed E-state index contributed by atoms with van der Waals surface area (Å²) in [6.07, 6.45) is -2.29. The van der Waals surface area contributed by atoms with Gasteiger partial charge in [0.25, 0.3) is 0 Å². The van der Waals surface area contributed by atoms with Gasteiger partial charge >= 0.3 is 6.18 Å². The second-order valence-electron chi connectivity index (χ2n) is 4.90. The lowest BCUT2D eigenvalue weighted by atomic mass is 9.75. The maximum Gasteiger partial charge on any atom is 0.416 e. The van der Waals surface area contributed by atoms with Crippen LogP contribution >= 0.6 is 0 Å². The SMILES string of the molecule is COc1ccc(CC2(C#N)C=CC(C(F)(F)F)=CC2=O)cc1. The topological polar surface area (TPSA) is 50.1 Å². The van der Waals surface area contributed by atoms with Gasteiger partial charge in [0.05, 0.1) is 18.8 Å². The number of allylic oxidation sites excluding steroid dienone is 4. The standard InChI is InChI=1S/C16H12F3NO2/c1-22-13-4-2-11(3-5-13)9-15(10-20)7-6-12(8-14(15)21)16(17,18)19/h2-8H,9H2,1H3. The quantitative estimate of drug-likeness (QED) is 0.860. The van der Waals surface area contributed by atoms with E-state index in [9.17, 15) is 23.2 Å². The Morgan fingerprint density at radius 2 is 1.91 bits per heavy atom. The Balaban J connectivity index is 2.28. The number of hydrogen-bond acceptors (Lipinski definition) is 3. The van der Waals surface area contributed by atoms with E-state index in [0.717, 1.165) is 12.2 Å². The van der Waals surface area contributed by atoms with Crippen LogP contribution in [0.15, 0.2) is 48.1 Å². The van der Waals surface area contributed by atoms with E-state index in [4.69, 9.17) is 4.74 Å². The van der Waals surface area contributed by atoms with Crippen LogP contribution in [0.3, 0.4) is 0 Å². The zero-order valence-corrected chi connectivity index (χ0v) is 11.6. The molecule has 0 N–H and O–H groups in total. The predicted octanol–water partition coefficient (Wildman–Crippen LogP) is 3.38.